The lowest BCUT2D eigenvalue weighted by atomic mass is 9.96. The molecule has 4 nitrogen and oxygen atoms in total. The van der Waals surface area contributed by atoms with Crippen LogP contribution in [0.15, 0.2) is 24.3 Å². The first-order valence-corrected chi connectivity index (χ1v) is 7.05. The van der Waals surface area contributed by atoms with E-state index in [-0.39, 0.29) is 9.92 Å². The maximum Gasteiger partial charge on any atom is 0.394 e. The van der Waals surface area contributed by atoms with Crippen molar-refractivity contribution in [1.82, 2.24) is 4.90 Å². The molecule has 0 radical (unpaired) electrons. The quantitative estimate of drug-likeness (QED) is 0.830. The first kappa shape index (κ1) is 18.4. The third-order valence-corrected chi connectivity index (χ3v) is 4.04. The van der Waals surface area contributed by atoms with Crippen molar-refractivity contribution in [2.45, 2.75) is 12.1 Å². The van der Waals surface area contributed by atoms with Crippen LogP contribution in [0.1, 0.15) is 5.56 Å². The highest BCUT2D eigenvalue weighted by molar-refractivity contribution is 6.30. The average molecular weight is 372 g/mol. The second-order valence-corrected chi connectivity index (χ2v) is 5.82. The minimum atomic E-state index is -4.91. The van der Waals surface area contributed by atoms with Gasteiger partial charge in [-0.05, 0) is 12.1 Å². The number of benzene rings is 1. The predicted molar refractivity (Wildman–Crippen MR) is 72.6 cm³/mol. The molecule has 0 saturated carbocycles. The normalized spacial score (nSPS) is 21.8. The van der Waals surface area contributed by atoms with Crippen LogP contribution in [0.3, 0.4) is 0 Å². The van der Waals surface area contributed by atoms with Crippen LogP contribution in [0.5, 0.6) is 0 Å². The molecule has 24 heavy (non-hydrogen) atoms. The van der Waals surface area contributed by atoms with Crippen molar-refractivity contribution < 1.29 is 36.6 Å². The number of likely N-dealkylation sites (tertiary alicyclic amines) is 1. The molecule has 1 N–H and O–H groups in total. The summed E-state index contributed by atoms with van der Waals surface area (Å²) in [6.07, 6.45) is -4.91. The number of alkyl halides is 5. The van der Waals surface area contributed by atoms with Crippen LogP contribution in [-0.4, -0.2) is 41.1 Å². The van der Waals surface area contributed by atoms with E-state index in [9.17, 15) is 31.5 Å². The van der Waals surface area contributed by atoms with Gasteiger partial charge in [-0.1, -0.05) is 23.7 Å². The van der Waals surface area contributed by atoms with Gasteiger partial charge in [-0.3, -0.25) is 9.59 Å². The van der Waals surface area contributed by atoms with Gasteiger partial charge in [0, 0.05) is 23.7 Å². The lowest BCUT2D eigenvalue weighted by Crippen LogP contribution is -2.41. The number of rotatable bonds is 3. The second kappa shape index (κ2) is 6.19. The monoisotopic (exact) mass is 371 g/mol. The van der Waals surface area contributed by atoms with E-state index in [1.165, 1.54) is 12.1 Å². The molecule has 1 fully saturated rings. The van der Waals surface area contributed by atoms with Crippen LogP contribution >= 0.6 is 11.6 Å². The molecule has 2 rings (SSSR count). The minimum Gasteiger partial charge on any atom is -0.481 e. The number of hydrogen-bond donors (Lipinski definition) is 1. The van der Waals surface area contributed by atoms with Crippen LogP contribution in [0.25, 0.3) is 0 Å². The maximum absolute atomic E-state index is 14.3. The van der Waals surface area contributed by atoms with Gasteiger partial charge in [0.05, 0.1) is 11.8 Å². The molecule has 1 aromatic rings. The molecule has 0 bridgehead atoms. The van der Waals surface area contributed by atoms with E-state index in [0.29, 0.717) is 0 Å². The van der Waals surface area contributed by atoms with Gasteiger partial charge in [-0.15, -0.1) is 0 Å². The highest BCUT2D eigenvalue weighted by Gasteiger charge is 2.56. The van der Waals surface area contributed by atoms with E-state index >= 15 is 0 Å². The van der Waals surface area contributed by atoms with Gasteiger partial charge in [0.2, 0.25) is 0 Å². The molecule has 132 valence electrons. The molecular formula is C14H11ClF5NO3. The third-order valence-electron chi connectivity index (χ3n) is 3.80. The zero-order chi connectivity index (χ0) is 18.3. The molecular weight excluding hydrogens is 361 g/mol. The second-order valence-electron chi connectivity index (χ2n) is 5.39. The standard InChI is InChI=1S/C14H11ClF5NO3/c15-8-3-1-2-7(4-8)13(16,17)12(24)21-5-9(11(22)23)10(6-21)14(18,19)20/h1-4,9-10H,5-6H2,(H,22,23)/t9-,10-/m1/s1. The largest absolute Gasteiger partial charge is 0.481 e. The lowest BCUT2D eigenvalue weighted by Gasteiger charge is -2.23. The van der Waals surface area contributed by atoms with E-state index < -0.39 is 54.5 Å². The van der Waals surface area contributed by atoms with E-state index in [0.717, 1.165) is 12.1 Å². The number of carbonyl (C=O) groups is 2. The van der Waals surface area contributed by atoms with E-state index in [2.05, 4.69) is 0 Å². The molecule has 2 atom stereocenters. The van der Waals surface area contributed by atoms with Gasteiger partial charge in [-0.2, -0.15) is 22.0 Å². The summed E-state index contributed by atoms with van der Waals surface area (Å²) in [4.78, 5) is 23.2. The Morgan fingerprint density at radius 3 is 2.25 bits per heavy atom. The summed E-state index contributed by atoms with van der Waals surface area (Å²) < 4.78 is 67.1. The molecule has 0 aromatic heterocycles. The fraction of sp³-hybridized carbons (Fsp3) is 0.429. The van der Waals surface area contributed by atoms with Gasteiger partial charge in [0.1, 0.15) is 0 Å². The number of amides is 1. The summed E-state index contributed by atoms with van der Waals surface area (Å²) in [5.74, 6) is -12.2. The summed E-state index contributed by atoms with van der Waals surface area (Å²) in [7, 11) is 0. The average Bonchev–Trinajstić information content (AvgIpc) is 2.91. The fourth-order valence-corrected chi connectivity index (χ4v) is 2.75. The van der Waals surface area contributed by atoms with Crippen LogP contribution < -0.4 is 0 Å². The van der Waals surface area contributed by atoms with Crippen molar-refractivity contribution in [2.24, 2.45) is 11.8 Å². The number of halogens is 6. The molecule has 0 aliphatic carbocycles. The highest BCUT2D eigenvalue weighted by Crippen LogP contribution is 2.40. The zero-order valence-electron chi connectivity index (χ0n) is 11.9. The maximum atomic E-state index is 14.3. The summed E-state index contributed by atoms with van der Waals surface area (Å²) in [6.45, 7) is -2.07. The summed E-state index contributed by atoms with van der Waals surface area (Å²) in [5, 5.41) is 8.79. The number of nitrogens with zero attached hydrogens (tertiary/aromatic N) is 1. The molecule has 0 spiro atoms. The van der Waals surface area contributed by atoms with E-state index in [1.54, 1.807) is 0 Å². The van der Waals surface area contributed by atoms with Crippen LogP contribution in [-0.2, 0) is 15.5 Å². The first-order valence-electron chi connectivity index (χ1n) is 6.67. The molecule has 1 aromatic carbocycles. The molecule has 1 amide bonds. The number of carboxylic acid groups (broad SMARTS) is 1. The summed E-state index contributed by atoms with van der Waals surface area (Å²) in [5.41, 5.74) is -0.776. The van der Waals surface area contributed by atoms with E-state index in [4.69, 9.17) is 16.7 Å². The Labute approximate surface area is 137 Å². The SMILES string of the molecule is O=C(O)[C@@H]1CN(C(=O)C(F)(F)c2cccc(Cl)c2)C[C@H]1C(F)(F)F. The molecule has 10 heteroatoms. The van der Waals surface area contributed by atoms with Crippen molar-refractivity contribution in [3.05, 3.63) is 34.9 Å². The smallest absolute Gasteiger partial charge is 0.394 e. The Kier molecular flexibility index (Phi) is 4.76. The van der Waals surface area contributed by atoms with Crippen LogP contribution in [0.4, 0.5) is 22.0 Å². The lowest BCUT2D eigenvalue weighted by molar-refractivity contribution is -0.188. The molecule has 1 saturated heterocycles. The fourth-order valence-electron chi connectivity index (χ4n) is 2.56. The van der Waals surface area contributed by atoms with E-state index in [1.807, 2.05) is 0 Å². The summed E-state index contributed by atoms with van der Waals surface area (Å²) in [6, 6.07) is 4.20. The minimum absolute atomic E-state index is 0.0713. The van der Waals surface area contributed by atoms with Gasteiger partial charge in [0.25, 0.3) is 5.91 Å². The Hall–Kier alpha value is -1.90. The zero-order valence-corrected chi connectivity index (χ0v) is 12.6. The Morgan fingerprint density at radius 2 is 1.79 bits per heavy atom. The Bertz CT molecular complexity index is 664. The highest BCUT2D eigenvalue weighted by atomic mass is 35.5. The Morgan fingerprint density at radius 1 is 1.17 bits per heavy atom. The van der Waals surface area contributed by atoms with Gasteiger partial charge >= 0.3 is 18.1 Å². The number of aliphatic carboxylic acids is 1. The van der Waals surface area contributed by atoms with Gasteiger partial charge in [-0.25, -0.2) is 0 Å². The van der Waals surface area contributed by atoms with Crippen molar-refractivity contribution in [3.63, 3.8) is 0 Å². The number of hydrogen-bond acceptors (Lipinski definition) is 2. The van der Waals surface area contributed by atoms with Crippen molar-refractivity contribution in [3.8, 4) is 0 Å². The van der Waals surface area contributed by atoms with Crippen molar-refractivity contribution in [2.75, 3.05) is 13.1 Å². The summed E-state index contributed by atoms with van der Waals surface area (Å²) >= 11 is 5.58. The van der Waals surface area contributed by atoms with Gasteiger partial charge in [0.15, 0.2) is 0 Å². The molecule has 1 heterocycles. The topological polar surface area (TPSA) is 57.6 Å². The van der Waals surface area contributed by atoms with Crippen LogP contribution in [0, 0.1) is 11.8 Å². The van der Waals surface area contributed by atoms with Crippen LogP contribution in [0.2, 0.25) is 5.02 Å². The molecule has 0 unspecified atom stereocenters. The third kappa shape index (κ3) is 3.45. The molecule has 1 aliphatic heterocycles. The van der Waals surface area contributed by atoms with Crippen molar-refractivity contribution >= 4 is 23.5 Å². The molecule has 1 aliphatic rings. The van der Waals surface area contributed by atoms with Crippen molar-refractivity contribution in [1.29, 1.82) is 0 Å². The van der Waals surface area contributed by atoms with Gasteiger partial charge < -0.3 is 10.0 Å². The first-order chi connectivity index (χ1) is 10.9. The number of carbonyl (C=O) groups excluding carboxylic acids is 1. The Balaban J connectivity index is 2.28. The number of carboxylic acids is 1. The predicted octanol–water partition coefficient (Wildman–Crippen LogP) is 3.15.